The summed E-state index contributed by atoms with van der Waals surface area (Å²) in [7, 11) is 0. The van der Waals surface area contributed by atoms with Crippen molar-refractivity contribution in [3.63, 3.8) is 0 Å². The Bertz CT molecular complexity index is 259. The maximum atomic E-state index is 4.03. The van der Waals surface area contributed by atoms with E-state index in [2.05, 4.69) is 44.0 Å². The van der Waals surface area contributed by atoms with Crippen molar-refractivity contribution in [2.24, 2.45) is 0 Å². The van der Waals surface area contributed by atoms with E-state index in [1.165, 1.54) is 37.0 Å². The molecule has 15 heavy (non-hydrogen) atoms. The molecule has 0 saturated carbocycles. The lowest BCUT2D eigenvalue weighted by Gasteiger charge is -2.13. The molecule has 1 heteroatoms. The fraction of sp³-hybridized carbons (Fsp3) is 0.571. The molecule has 1 aliphatic rings. The van der Waals surface area contributed by atoms with Gasteiger partial charge in [0.05, 0.1) is 0 Å². The average molecular weight is 205 g/mol. The van der Waals surface area contributed by atoms with Crippen molar-refractivity contribution in [2.75, 3.05) is 0 Å². The number of hydrogen-bond donors (Lipinski definition) is 1. The minimum absolute atomic E-state index is 0.506. The van der Waals surface area contributed by atoms with Crippen molar-refractivity contribution < 1.29 is 0 Å². The molecule has 0 aromatic heterocycles. The van der Waals surface area contributed by atoms with Gasteiger partial charge in [0.2, 0.25) is 0 Å². The lowest BCUT2D eigenvalue weighted by Crippen LogP contribution is -2.21. The second kappa shape index (κ2) is 6.49. The maximum Gasteiger partial charge on any atom is 0.0201 e. The van der Waals surface area contributed by atoms with E-state index in [-0.39, 0.29) is 0 Å². The van der Waals surface area contributed by atoms with Gasteiger partial charge in [-0.3, -0.25) is 0 Å². The van der Waals surface area contributed by atoms with Crippen molar-refractivity contribution in [3.05, 3.63) is 36.1 Å². The first-order valence-electron chi connectivity index (χ1n) is 5.98. The number of rotatable bonds is 6. The third kappa shape index (κ3) is 5.46. The first-order valence-corrected chi connectivity index (χ1v) is 5.98. The number of allylic oxidation sites excluding steroid dienone is 5. The zero-order valence-corrected chi connectivity index (χ0v) is 10.1. The summed E-state index contributed by atoms with van der Waals surface area (Å²) in [6.07, 6.45) is 12.8. The van der Waals surface area contributed by atoms with Gasteiger partial charge < -0.3 is 5.32 Å². The quantitative estimate of drug-likeness (QED) is 0.692. The summed E-state index contributed by atoms with van der Waals surface area (Å²) >= 11 is 0. The van der Waals surface area contributed by atoms with Crippen LogP contribution in [0.1, 0.15) is 46.0 Å². The first-order chi connectivity index (χ1) is 7.18. The summed E-state index contributed by atoms with van der Waals surface area (Å²) in [4.78, 5) is 0. The van der Waals surface area contributed by atoms with Crippen molar-refractivity contribution in [3.8, 4) is 0 Å². The maximum absolute atomic E-state index is 4.03. The van der Waals surface area contributed by atoms with Crippen molar-refractivity contribution in [1.29, 1.82) is 0 Å². The van der Waals surface area contributed by atoms with E-state index in [4.69, 9.17) is 0 Å². The van der Waals surface area contributed by atoms with Crippen LogP contribution in [0.2, 0.25) is 0 Å². The highest BCUT2D eigenvalue weighted by Gasteiger charge is 2.00. The molecule has 0 aliphatic heterocycles. The summed E-state index contributed by atoms with van der Waals surface area (Å²) in [6, 6.07) is 0.506. The van der Waals surface area contributed by atoms with Gasteiger partial charge in [-0.05, 0) is 46.0 Å². The summed E-state index contributed by atoms with van der Waals surface area (Å²) in [5.74, 6) is 0. The molecule has 0 heterocycles. The molecule has 0 spiro atoms. The molecule has 84 valence electrons. The number of nitrogens with one attached hydrogen (secondary N) is 1. The molecule has 0 atom stereocenters. The van der Waals surface area contributed by atoms with E-state index >= 15 is 0 Å². The van der Waals surface area contributed by atoms with Crippen LogP contribution in [0.5, 0.6) is 0 Å². The molecule has 1 aliphatic carbocycles. The second-order valence-corrected chi connectivity index (χ2v) is 4.51. The molecule has 0 amide bonds. The van der Waals surface area contributed by atoms with Crippen LogP contribution in [-0.4, -0.2) is 6.04 Å². The van der Waals surface area contributed by atoms with Crippen LogP contribution in [0, 0.1) is 0 Å². The molecule has 1 N–H and O–H groups in total. The predicted molar refractivity (Wildman–Crippen MR) is 67.7 cm³/mol. The molecule has 1 nitrogen and oxygen atoms in total. The molecule has 0 radical (unpaired) electrons. The lowest BCUT2D eigenvalue weighted by molar-refractivity contribution is 0.630. The fourth-order valence-corrected chi connectivity index (χ4v) is 1.84. The van der Waals surface area contributed by atoms with Crippen molar-refractivity contribution in [2.45, 2.75) is 52.0 Å². The highest BCUT2D eigenvalue weighted by Crippen LogP contribution is 2.16. The molecule has 1 rings (SSSR count). The van der Waals surface area contributed by atoms with Gasteiger partial charge in [0.1, 0.15) is 0 Å². The monoisotopic (exact) mass is 205 g/mol. The van der Waals surface area contributed by atoms with Gasteiger partial charge in [0.25, 0.3) is 0 Å². The van der Waals surface area contributed by atoms with Crippen LogP contribution in [0.4, 0.5) is 0 Å². The summed E-state index contributed by atoms with van der Waals surface area (Å²) in [5, 5.41) is 3.35. The molecule has 0 unspecified atom stereocenters. The summed E-state index contributed by atoms with van der Waals surface area (Å²) < 4.78 is 0. The first kappa shape index (κ1) is 12.1. The Hall–Kier alpha value is -0.980. The highest BCUT2D eigenvalue weighted by atomic mass is 14.9. The highest BCUT2D eigenvalue weighted by molar-refractivity contribution is 5.21. The van der Waals surface area contributed by atoms with E-state index in [0.717, 1.165) is 6.42 Å². The Kier molecular flexibility index (Phi) is 5.23. The molecular formula is C14H23N. The topological polar surface area (TPSA) is 12.0 Å². The van der Waals surface area contributed by atoms with Gasteiger partial charge >= 0.3 is 0 Å². The van der Waals surface area contributed by atoms with E-state index in [1.54, 1.807) is 0 Å². The Balaban J connectivity index is 2.13. The normalized spacial score (nSPS) is 15.3. The van der Waals surface area contributed by atoms with Crippen LogP contribution in [0.3, 0.4) is 0 Å². The van der Waals surface area contributed by atoms with Crippen LogP contribution < -0.4 is 5.32 Å². The van der Waals surface area contributed by atoms with Crippen LogP contribution in [-0.2, 0) is 0 Å². The Labute approximate surface area is 94.0 Å². The molecule has 0 fully saturated rings. The zero-order valence-electron chi connectivity index (χ0n) is 10.1. The average Bonchev–Trinajstić information content (AvgIpc) is 2.18. The minimum atomic E-state index is 0.506. The van der Waals surface area contributed by atoms with Crippen LogP contribution in [0.15, 0.2) is 36.1 Å². The standard InChI is InChI=1S/C14H23N/c1-12(2)15-13(3)8-7-11-14-9-5-4-6-10-14/h5,9-10,12,15H,3-4,6-8,11H2,1-2H3. The minimum Gasteiger partial charge on any atom is -0.387 e. The second-order valence-electron chi connectivity index (χ2n) is 4.51. The third-order valence-electron chi connectivity index (χ3n) is 2.51. The van der Waals surface area contributed by atoms with E-state index < -0.39 is 0 Å². The zero-order chi connectivity index (χ0) is 11.1. The largest absolute Gasteiger partial charge is 0.387 e. The van der Waals surface area contributed by atoms with E-state index in [1.807, 2.05) is 0 Å². The van der Waals surface area contributed by atoms with Gasteiger partial charge in [-0.1, -0.05) is 30.4 Å². The Morgan fingerprint density at radius 2 is 2.27 bits per heavy atom. The number of hydrogen-bond acceptors (Lipinski definition) is 1. The van der Waals surface area contributed by atoms with Crippen molar-refractivity contribution in [1.82, 2.24) is 5.32 Å². The molecule has 0 aromatic rings. The SMILES string of the molecule is C=C(CCCC1=CCCC=C1)NC(C)C. The van der Waals surface area contributed by atoms with Gasteiger partial charge in [0, 0.05) is 11.7 Å². The van der Waals surface area contributed by atoms with E-state index in [0.29, 0.717) is 6.04 Å². The van der Waals surface area contributed by atoms with Crippen LogP contribution >= 0.6 is 0 Å². The Morgan fingerprint density at radius 3 is 2.87 bits per heavy atom. The molecule has 0 bridgehead atoms. The predicted octanol–water partition coefficient (Wildman–Crippen LogP) is 3.94. The molecule has 0 saturated heterocycles. The van der Waals surface area contributed by atoms with Gasteiger partial charge in [-0.2, -0.15) is 0 Å². The third-order valence-corrected chi connectivity index (χ3v) is 2.51. The fourth-order valence-electron chi connectivity index (χ4n) is 1.84. The molecule has 0 aromatic carbocycles. The molecular weight excluding hydrogens is 182 g/mol. The van der Waals surface area contributed by atoms with Gasteiger partial charge in [0.15, 0.2) is 0 Å². The summed E-state index contributed by atoms with van der Waals surface area (Å²) in [5.41, 5.74) is 2.67. The van der Waals surface area contributed by atoms with Crippen molar-refractivity contribution >= 4 is 0 Å². The lowest BCUT2D eigenvalue weighted by atomic mass is 10.0. The van der Waals surface area contributed by atoms with Crippen LogP contribution in [0.25, 0.3) is 0 Å². The Morgan fingerprint density at radius 1 is 1.47 bits per heavy atom. The summed E-state index contributed by atoms with van der Waals surface area (Å²) in [6.45, 7) is 8.33. The van der Waals surface area contributed by atoms with Gasteiger partial charge in [-0.25, -0.2) is 0 Å². The van der Waals surface area contributed by atoms with E-state index in [9.17, 15) is 0 Å². The van der Waals surface area contributed by atoms with Gasteiger partial charge in [-0.15, -0.1) is 0 Å². The smallest absolute Gasteiger partial charge is 0.0201 e.